The molecule has 0 aromatic heterocycles. The van der Waals surface area contributed by atoms with E-state index in [0.29, 0.717) is 44.6 Å². The van der Waals surface area contributed by atoms with Crippen LogP contribution in [0.3, 0.4) is 0 Å². The number of nitrogens with two attached hydrogens (primary N) is 1. The van der Waals surface area contributed by atoms with Crippen molar-refractivity contribution >= 4 is 0 Å². The van der Waals surface area contributed by atoms with Crippen molar-refractivity contribution in [3.8, 4) is 0 Å². The van der Waals surface area contributed by atoms with Crippen molar-refractivity contribution in [3.63, 3.8) is 0 Å². The van der Waals surface area contributed by atoms with Gasteiger partial charge in [0.2, 0.25) is 0 Å². The molecular weight excluding hydrogens is 739 g/mol. The lowest BCUT2D eigenvalue weighted by Gasteiger charge is -2.33. The summed E-state index contributed by atoms with van der Waals surface area (Å²) in [4.78, 5) is 0. The van der Waals surface area contributed by atoms with Gasteiger partial charge in [0.05, 0.1) is 44.7 Å². The number of rotatable bonds is 52. The maximum absolute atomic E-state index is 7.46. The molecular formula is C55H113NO4. The van der Waals surface area contributed by atoms with E-state index in [1.807, 2.05) is 6.92 Å². The van der Waals surface area contributed by atoms with E-state index < -0.39 is 0 Å². The number of unbranched alkanes of at least 4 members (excludes halogenated alkanes) is 30. The van der Waals surface area contributed by atoms with E-state index in [1.165, 1.54) is 250 Å². The average Bonchev–Trinajstić information content (AvgIpc) is 3.24. The first-order chi connectivity index (χ1) is 29.5. The van der Waals surface area contributed by atoms with Crippen LogP contribution >= 0.6 is 0 Å². The molecule has 0 radical (unpaired) electrons. The summed E-state index contributed by atoms with van der Waals surface area (Å²) in [6, 6.07) is 0. The van der Waals surface area contributed by atoms with Crippen molar-refractivity contribution in [2.24, 2.45) is 11.7 Å². The maximum atomic E-state index is 7.46. The zero-order chi connectivity index (χ0) is 43.8. The van der Waals surface area contributed by atoms with E-state index in [1.54, 1.807) is 0 Å². The van der Waals surface area contributed by atoms with Crippen molar-refractivity contribution < 1.29 is 18.9 Å². The zero-order valence-corrected chi connectivity index (χ0v) is 42.2. The quantitative estimate of drug-likeness (QED) is 0.0488. The fourth-order valence-electron chi connectivity index (χ4n) is 8.94. The van der Waals surface area contributed by atoms with Crippen LogP contribution in [0, 0.1) is 5.92 Å². The number of hydrogen-bond donors (Lipinski definition) is 1. The Labute approximate surface area is 378 Å². The van der Waals surface area contributed by atoms with E-state index in [9.17, 15) is 0 Å². The number of ether oxygens (including phenoxy) is 4. The smallest absolute Gasteiger partial charge is 0.102 e. The summed E-state index contributed by atoms with van der Waals surface area (Å²) in [5.74, 6) is 0.333. The minimum Gasteiger partial charge on any atom is -0.379 e. The summed E-state index contributed by atoms with van der Waals surface area (Å²) < 4.78 is 26.7. The topological polar surface area (TPSA) is 62.9 Å². The van der Waals surface area contributed by atoms with Gasteiger partial charge in [-0.3, -0.25) is 0 Å². The Morgan fingerprint density at radius 3 is 1.00 bits per heavy atom. The van der Waals surface area contributed by atoms with E-state index in [-0.39, 0.29) is 12.3 Å². The molecule has 60 heavy (non-hydrogen) atoms. The van der Waals surface area contributed by atoms with Gasteiger partial charge in [0, 0.05) is 5.92 Å². The summed E-state index contributed by atoms with van der Waals surface area (Å²) in [5, 5.41) is 0. The lowest BCUT2D eigenvalue weighted by molar-refractivity contribution is -0.120. The van der Waals surface area contributed by atoms with Gasteiger partial charge in [-0.1, -0.05) is 259 Å². The molecule has 0 amide bonds. The zero-order valence-electron chi connectivity index (χ0n) is 42.2. The lowest BCUT2D eigenvalue weighted by Crippen LogP contribution is -2.37. The molecule has 0 bridgehead atoms. The second-order valence-corrected chi connectivity index (χ2v) is 19.2. The SMILES string of the molecule is CCCCCCCCCCCC(COCCOC(C)N)C(COC(CCCCCCCC)CCCCCCCCC)OC(CCCCCCCC)CCCCCCCCC. The molecule has 0 spiro atoms. The molecule has 362 valence electrons. The Hall–Kier alpha value is -0.200. The minimum atomic E-state index is -0.259. The van der Waals surface area contributed by atoms with Crippen LogP contribution in [0.15, 0.2) is 0 Å². The average molecular weight is 853 g/mol. The Morgan fingerprint density at radius 2 is 0.650 bits per heavy atom. The van der Waals surface area contributed by atoms with Gasteiger partial charge in [-0.25, -0.2) is 0 Å². The molecule has 0 aliphatic rings. The molecule has 0 aromatic rings. The molecule has 5 heteroatoms. The van der Waals surface area contributed by atoms with Crippen LogP contribution in [-0.4, -0.2) is 51.0 Å². The van der Waals surface area contributed by atoms with Gasteiger partial charge in [0.15, 0.2) is 0 Å². The van der Waals surface area contributed by atoms with Crippen LogP contribution in [0.25, 0.3) is 0 Å². The molecule has 5 atom stereocenters. The molecule has 0 aromatic carbocycles. The van der Waals surface area contributed by atoms with Crippen LogP contribution in [0.1, 0.15) is 298 Å². The normalized spacial score (nSPS) is 14.4. The third-order valence-electron chi connectivity index (χ3n) is 13.0. The van der Waals surface area contributed by atoms with E-state index >= 15 is 0 Å². The molecule has 0 saturated heterocycles. The van der Waals surface area contributed by atoms with Gasteiger partial charge in [-0.2, -0.15) is 0 Å². The summed E-state index contributed by atoms with van der Waals surface area (Å²) in [7, 11) is 0. The van der Waals surface area contributed by atoms with Crippen LogP contribution in [0.5, 0.6) is 0 Å². The maximum Gasteiger partial charge on any atom is 0.102 e. The van der Waals surface area contributed by atoms with Crippen molar-refractivity contribution in [3.05, 3.63) is 0 Å². The highest BCUT2D eigenvalue weighted by atomic mass is 16.6. The Kier molecular flexibility index (Phi) is 49.6. The fraction of sp³-hybridized carbons (Fsp3) is 1.00. The summed E-state index contributed by atoms with van der Waals surface area (Å²) in [5.41, 5.74) is 5.92. The fourth-order valence-corrected chi connectivity index (χ4v) is 8.94. The predicted molar refractivity (Wildman–Crippen MR) is 265 cm³/mol. The van der Waals surface area contributed by atoms with E-state index in [4.69, 9.17) is 24.7 Å². The molecule has 5 unspecified atom stereocenters. The first kappa shape index (κ1) is 59.8. The van der Waals surface area contributed by atoms with Gasteiger partial charge in [0.25, 0.3) is 0 Å². The third-order valence-corrected chi connectivity index (χ3v) is 13.0. The molecule has 0 aliphatic heterocycles. The van der Waals surface area contributed by atoms with Gasteiger partial charge < -0.3 is 24.7 Å². The predicted octanol–water partition coefficient (Wildman–Crippen LogP) is 17.8. The second-order valence-electron chi connectivity index (χ2n) is 19.2. The first-order valence-electron chi connectivity index (χ1n) is 27.7. The lowest BCUT2D eigenvalue weighted by atomic mass is 9.94. The highest BCUT2D eigenvalue weighted by Crippen LogP contribution is 2.27. The molecule has 0 heterocycles. The van der Waals surface area contributed by atoms with Crippen LogP contribution in [0.4, 0.5) is 0 Å². The highest BCUT2D eigenvalue weighted by Gasteiger charge is 2.27. The first-order valence-corrected chi connectivity index (χ1v) is 27.7. The second kappa shape index (κ2) is 49.8. The standard InChI is InChI=1S/C55H113NO4/c1-7-12-17-22-27-28-31-32-37-42-52(49-57-47-48-58-51(6)56)55(60-54(45-40-34-26-21-16-11-5)46-41-36-30-24-19-14-9-3)50-59-53(43-38-33-25-20-15-10-4)44-39-35-29-23-18-13-8-2/h51-55H,7-50,56H2,1-6H3. The van der Waals surface area contributed by atoms with Crippen LogP contribution < -0.4 is 5.73 Å². The van der Waals surface area contributed by atoms with Crippen molar-refractivity contribution in [1.82, 2.24) is 0 Å². The van der Waals surface area contributed by atoms with Gasteiger partial charge >= 0.3 is 0 Å². The molecule has 0 rings (SSSR count). The Bertz CT molecular complexity index is 780. The summed E-state index contributed by atoms with van der Waals surface area (Å²) in [6.45, 7) is 16.0. The van der Waals surface area contributed by atoms with Crippen molar-refractivity contribution in [2.75, 3.05) is 26.4 Å². The van der Waals surface area contributed by atoms with Crippen LogP contribution in [-0.2, 0) is 18.9 Å². The Morgan fingerprint density at radius 1 is 0.333 bits per heavy atom. The summed E-state index contributed by atoms with van der Waals surface area (Å²) >= 11 is 0. The van der Waals surface area contributed by atoms with E-state index in [2.05, 4.69) is 34.6 Å². The number of hydrogen-bond acceptors (Lipinski definition) is 5. The monoisotopic (exact) mass is 852 g/mol. The molecule has 0 aliphatic carbocycles. The van der Waals surface area contributed by atoms with Gasteiger partial charge in [-0.05, 0) is 39.0 Å². The van der Waals surface area contributed by atoms with E-state index in [0.717, 1.165) is 6.42 Å². The van der Waals surface area contributed by atoms with Gasteiger partial charge in [-0.15, -0.1) is 0 Å². The molecule has 0 saturated carbocycles. The highest BCUT2D eigenvalue weighted by molar-refractivity contribution is 4.76. The largest absolute Gasteiger partial charge is 0.379 e. The third kappa shape index (κ3) is 43.1. The minimum absolute atomic E-state index is 0.0733. The molecule has 5 nitrogen and oxygen atoms in total. The Balaban J connectivity index is 6.08. The molecule has 2 N–H and O–H groups in total. The van der Waals surface area contributed by atoms with Crippen LogP contribution in [0.2, 0.25) is 0 Å². The van der Waals surface area contributed by atoms with Crippen molar-refractivity contribution in [2.45, 2.75) is 323 Å². The molecule has 0 fully saturated rings. The van der Waals surface area contributed by atoms with Crippen molar-refractivity contribution in [1.29, 1.82) is 0 Å². The summed E-state index contributed by atoms with van der Waals surface area (Å²) in [6.07, 6.45) is 53.6. The van der Waals surface area contributed by atoms with Gasteiger partial charge in [0.1, 0.15) is 6.23 Å².